The van der Waals surface area contributed by atoms with E-state index >= 15 is 0 Å². The van der Waals surface area contributed by atoms with Crippen molar-refractivity contribution in [2.75, 3.05) is 12.3 Å². The van der Waals surface area contributed by atoms with Crippen molar-refractivity contribution >= 4 is 5.69 Å². The minimum Gasteiger partial charge on any atom is -0.398 e. The van der Waals surface area contributed by atoms with Crippen LogP contribution in [0.2, 0.25) is 0 Å². The molecule has 0 aliphatic carbocycles. The molecule has 0 unspecified atom stereocenters. The van der Waals surface area contributed by atoms with Crippen molar-refractivity contribution in [2.24, 2.45) is 0 Å². The first-order chi connectivity index (χ1) is 8.83. The molecule has 4 heteroatoms. The molecule has 0 bridgehead atoms. The summed E-state index contributed by atoms with van der Waals surface area (Å²) in [7, 11) is 0. The second-order valence-corrected chi connectivity index (χ2v) is 4.65. The van der Waals surface area contributed by atoms with Crippen molar-refractivity contribution in [1.29, 1.82) is 0 Å². The second kappa shape index (κ2) is 4.74. The number of anilines is 1. The fraction of sp³-hybridized carbons (Fsp3) is 0.286. The van der Waals surface area contributed by atoms with Gasteiger partial charge in [-0.15, -0.1) is 0 Å². The number of nitrogen functional groups attached to an aromatic ring is 1. The van der Waals surface area contributed by atoms with E-state index in [0.717, 1.165) is 37.4 Å². The summed E-state index contributed by atoms with van der Waals surface area (Å²) in [6, 6.07) is 8.15. The number of nitrogens with zero attached hydrogens (tertiary/aromatic N) is 3. The lowest BCUT2D eigenvalue weighted by Gasteiger charge is -2.29. The molecule has 0 radical (unpaired) electrons. The van der Waals surface area contributed by atoms with Gasteiger partial charge in [0.15, 0.2) is 0 Å². The van der Waals surface area contributed by atoms with Crippen molar-refractivity contribution < 1.29 is 0 Å². The van der Waals surface area contributed by atoms with E-state index in [9.17, 15) is 0 Å². The van der Waals surface area contributed by atoms with E-state index in [1.54, 1.807) is 12.5 Å². The Bertz CT molecular complexity index is 539. The van der Waals surface area contributed by atoms with E-state index in [0.29, 0.717) is 0 Å². The van der Waals surface area contributed by atoms with E-state index in [2.05, 4.69) is 20.9 Å². The lowest BCUT2D eigenvalue weighted by atomic mass is 9.98. The maximum atomic E-state index is 6.00. The zero-order chi connectivity index (χ0) is 12.4. The third-order valence-electron chi connectivity index (χ3n) is 3.41. The fourth-order valence-electron chi connectivity index (χ4n) is 2.47. The lowest BCUT2D eigenvalue weighted by Crippen LogP contribution is -2.30. The van der Waals surface area contributed by atoms with Gasteiger partial charge in [-0.05, 0) is 29.7 Å². The predicted octanol–water partition coefficient (Wildman–Crippen LogP) is 1.62. The van der Waals surface area contributed by atoms with Crippen LogP contribution in [0.4, 0.5) is 5.69 Å². The molecule has 92 valence electrons. The predicted molar refractivity (Wildman–Crippen MR) is 70.7 cm³/mol. The normalized spacial score (nSPS) is 15.3. The van der Waals surface area contributed by atoms with Crippen LogP contribution in [-0.2, 0) is 19.5 Å². The van der Waals surface area contributed by atoms with Crippen LogP contribution in [0.25, 0.3) is 0 Å². The first-order valence-electron chi connectivity index (χ1n) is 6.16. The molecule has 1 aromatic carbocycles. The number of aromatic nitrogens is 2. The van der Waals surface area contributed by atoms with Crippen LogP contribution in [0.1, 0.15) is 16.8 Å². The van der Waals surface area contributed by atoms with Gasteiger partial charge in [0.05, 0.1) is 5.69 Å². The van der Waals surface area contributed by atoms with Gasteiger partial charge in [0.1, 0.15) is 6.33 Å². The van der Waals surface area contributed by atoms with Gasteiger partial charge >= 0.3 is 0 Å². The Labute approximate surface area is 106 Å². The first kappa shape index (κ1) is 11.2. The summed E-state index contributed by atoms with van der Waals surface area (Å²) in [4.78, 5) is 10.6. The van der Waals surface area contributed by atoms with Crippen LogP contribution in [0.15, 0.2) is 36.8 Å². The molecule has 2 heterocycles. The van der Waals surface area contributed by atoms with Gasteiger partial charge in [0.25, 0.3) is 0 Å². The van der Waals surface area contributed by atoms with Crippen molar-refractivity contribution in [3.63, 3.8) is 0 Å². The summed E-state index contributed by atoms with van der Waals surface area (Å²) < 4.78 is 0. The largest absolute Gasteiger partial charge is 0.398 e. The molecular formula is C14H16N4. The van der Waals surface area contributed by atoms with Crippen molar-refractivity contribution in [1.82, 2.24) is 14.9 Å². The van der Waals surface area contributed by atoms with Gasteiger partial charge in [-0.1, -0.05) is 12.1 Å². The van der Waals surface area contributed by atoms with Crippen molar-refractivity contribution in [3.8, 4) is 0 Å². The highest BCUT2D eigenvalue weighted by Gasteiger charge is 2.17. The summed E-state index contributed by atoms with van der Waals surface area (Å²) in [5, 5.41) is 0. The van der Waals surface area contributed by atoms with Gasteiger partial charge < -0.3 is 5.73 Å². The zero-order valence-electron chi connectivity index (χ0n) is 10.2. The van der Waals surface area contributed by atoms with Crippen molar-refractivity contribution in [3.05, 3.63) is 53.6 Å². The average molecular weight is 240 g/mol. The van der Waals surface area contributed by atoms with Crippen LogP contribution < -0.4 is 5.73 Å². The van der Waals surface area contributed by atoms with Gasteiger partial charge in [0.2, 0.25) is 0 Å². The monoisotopic (exact) mass is 240 g/mol. The standard InChI is InChI=1S/C14H16N4/c15-14-3-1-2-11-8-18(7-5-13(11)14)9-12-4-6-16-10-17-12/h1-4,6,10H,5,7-9,15H2. The number of benzene rings is 1. The third-order valence-corrected chi connectivity index (χ3v) is 3.41. The molecule has 3 rings (SSSR count). The highest BCUT2D eigenvalue weighted by Crippen LogP contribution is 2.24. The minimum absolute atomic E-state index is 0.872. The molecule has 0 saturated carbocycles. The molecule has 0 fully saturated rings. The maximum Gasteiger partial charge on any atom is 0.115 e. The van der Waals surface area contributed by atoms with E-state index in [4.69, 9.17) is 5.73 Å². The average Bonchev–Trinajstić information content (AvgIpc) is 2.40. The van der Waals surface area contributed by atoms with Crippen molar-refractivity contribution in [2.45, 2.75) is 19.5 Å². The minimum atomic E-state index is 0.872. The molecule has 0 amide bonds. The Morgan fingerprint density at radius 1 is 1.28 bits per heavy atom. The van der Waals surface area contributed by atoms with Crippen LogP contribution in [0, 0.1) is 0 Å². The van der Waals surface area contributed by atoms with Crippen LogP contribution in [0.5, 0.6) is 0 Å². The second-order valence-electron chi connectivity index (χ2n) is 4.65. The van der Waals surface area contributed by atoms with E-state index < -0.39 is 0 Å². The highest BCUT2D eigenvalue weighted by molar-refractivity contribution is 5.51. The summed E-state index contributed by atoms with van der Waals surface area (Å²) >= 11 is 0. The summed E-state index contributed by atoms with van der Waals surface area (Å²) in [6.45, 7) is 2.85. The third kappa shape index (κ3) is 2.19. The van der Waals surface area contributed by atoms with E-state index in [1.807, 2.05) is 18.2 Å². The van der Waals surface area contributed by atoms with Crippen LogP contribution in [-0.4, -0.2) is 21.4 Å². The molecule has 4 nitrogen and oxygen atoms in total. The Kier molecular flexibility index (Phi) is 2.94. The zero-order valence-corrected chi connectivity index (χ0v) is 10.2. The Hall–Kier alpha value is -1.94. The lowest BCUT2D eigenvalue weighted by molar-refractivity contribution is 0.243. The quantitative estimate of drug-likeness (QED) is 0.810. The van der Waals surface area contributed by atoms with Crippen LogP contribution in [0.3, 0.4) is 0 Å². The van der Waals surface area contributed by atoms with Gasteiger partial charge in [0, 0.05) is 31.5 Å². The molecule has 1 aromatic heterocycles. The SMILES string of the molecule is Nc1cccc2c1CCN(Cc1ccncn1)C2. The topological polar surface area (TPSA) is 55.0 Å². The molecule has 1 aliphatic rings. The number of hydrogen-bond acceptors (Lipinski definition) is 4. The molecule has 0 atom stereocenters. The summed E-state index contributed by atoms with van der Waals surface area (Å²) in [5.41, 5.74) is 10.7. The molecular weight excluding hydrogens is 224 g/mol. The number of rotatable bonds is 2. The number of nitrogens with two attached hydrogens (primary N) is 1. The fourth-order valence-corrected chi connectivity index (χ4v) is 2.47. The molecule has 1 aliphatic heterocycles. The maximum absolute atomic E-state index is 6.00. The highest BCUT2D eigenvalue weighted by atomic mass is 15.1. The summed E-state index contributed by atoms with van der Waals surface area (Å²) in [5.74, 6) is 0. The molecule has 2 N–H and O–H groups in total. The molecule has 2 aromatic rings. The van der Waals surface area contributed by atoms with E-state index in [-0.39, 0.29) is 0 Å². The summed E-state index contributed by atoms with van der Waals surface area (Å²) in [6.07, 6.45) is 4.41. The molecule has 0 spiro atoms. The van der Waals surface area contributed by atoms with E-state index in [1.165, 1.54) is 11.1 Å². The Balaban J connectivity index is 1.76. The number of hydrogen-bond donors (Lipinski definition) is 1. The smallest absolute Gasteiger partial charge is 0.115 e. The van der Waals surface area contributed by atoms with Gasteiger partial charge in [-0.3, -0.25) is 4.90 Å². The number of fused-ring (bicyclic) bond motifs is 1. The molecule has 18 heavy (non-hydrogen) atoms. The molecule has 0 saturated heterocycles. The Morgan fingerprint density at radius 3 is 3.06 bits per heavy atom. The van der Waals surface area contributed by atoms with Gasteiger partial charge in [-0.25, -0.2) is 9.97 Å². The van der Waals surface area contributed by atoms with Crippen LogP contribution >= 0.6 is 0 Å². The first-order valence-corrected chi connectivity index (χ1v) is 6.16. The van der Waals surface area contributed by atoms with Gasteiger partial charge in [-0.2, -0.15) is 0 Å². The Morgan fingerprint density at radius 2 is 2.22 bits per heavy atom.